The molecule has 1 aromatic heterocycles. The van der Waals surface area contributed by atoms with Crippen LogP contribution in [0.15, 0.2) is 53.3 Å². The molecule has 4 nitrogen and oxygen atoms in total. The third kappa shape index (κ3) is 4.08. The first-order valence-electron chi connectivity index (χ1n) is 9.14. The molecule has 0 radical (unpaired) electrons. The van der Waals surface area contributed by atoms with Gasteiger partial charge in [-0.2, -0.15) is 0 Å². The van der Waals surface area contributed by atoms with Crippen LogP contribution in [0.5, 0.6) is 5.75 Å². The Balaban J connectivity index is 2.09. The van der Waals surface area contributed by atoms with Crippen LogP contribution in [0.1, 0.15) is 30.2 Å². The van der Waals surface area contributed by atoms with E-state index in [0.29, 0.717) is 42.0 Å². The Morgan fingerprint density at radius 1 is 1.11 bits per heavy atom. The molecule has 0 bridgehead atoms. The van der Waals surface area contributed by atoms with E-state index < -0.39 is 0 Å². The van der Waals surface area contributed by atoms with Crippen molar-refractivity contribution in [3.8, 4) is 17.1 Å². The third-order valence-electron chi connectivity index (χ3n) is 4.63. The lowest BCUT2D eigenvalue weighted by Crippen LogP contribution is -2.29. The molecule has 2 aromatic carbocycles. The summed E-state index contributed by atoms with van der Waals surface area (Å²) in [5.74, 6) is 0.216. The van der Waals surface area contributed by atoms with Gasteiger partial charge in [0.25, 0.3) is 5.56 Å². The number of benzene rings is 2. The number of phenolic OH excluding ortho intramolecular Hbond substituents is 1. The third-order valence-corrected chi connectivity index (χ3v) is 4.63. The average molecular weight is 366 g/mol. The van der Waals surface area contributed by atoms with Gasteiger partial charge in [0.2, 0.25) is 0 Å². The van der Waals surface area contributed by atoms with Crippen LogP contribution in [-0.4, -0.2) is 14.7 Å². The van der Waals surface area contributed by atoms with E-state index in [1.807, 2.05) is 19.9 Å². The molecule has 0 spiro atoms. The van der Waals surface area contributed by atoms with Gasteiger partial charge in [0.1, 0.15) is 17.4 Å². The lowest BCUT2D eigenvalue weighted by Gasteiger charge is -2.16. The smallest absolute Gasteiger partial charge is 0.257 e. The Labute approximate surface area is 158 Å². The molecule has 0 aliphatic carbocycles. The fourth-order valence-electron chi connectivity index (χ4n) is 3.25. The quantitative estimate of drug-likeness (QED) is 0.709. The number of aromatic hydroxyl groups is 1. The van der Waals surface area contributed by atoms with Crippen LogP contribution >= 0.6 is 0 Å². The van der Waals surface area contributed by atoms with E-state index in [1.54, 1.807) is 34.9 Å². The Hall–Kier alpha value is -2.95. The van der Waals surface area contributed by atoms with Crippen molar-refractivity contribution in [1.29, 1.82) is 0 Å². The summed E-state index contributed by atoms with van der Waals surface area (Å²) in [5, 5.41) is 10.3. The van der Waals surface area contributed by atoms with Crippen LogP contribution in [0.4, 0.5) is 4.39 Å². The Morgan fingerprint density at radius 3 is 2.59 bits per heavy atom. The summed E-state index contributed by atoms with van der Waals surface area (Å²) in [6, 6.07) is 13.2. The molecule has 3 rings (SSSR count). The van der Waals surface area contributed by atoms with Crippen LogP contribution in [0, 0.1) is 12.7 Å². The number of para-hydroxylation sites is 1. The summed E-state index contributed by atoms with van der Waals surface area (Å²) in [4.78, 5) is 17.8. The van der Waals surface area contributed by atoms with Gasteiger partial charge < -0.3 is 5.11 Å². The first-order valence-corrected chi connectivity index (χ1v) is 9.14. The molecular weight excluding hydrogens is 343 g/mol. The minimum absolute atomic E-state index is 0.0755. The number of aryl methyl sites for hydroxylation is 2. The largest absolute Gasteiger partial charge is 0.507 e. The summed E-state index contributed by atoms with van der Waals surface area (Å²) in [7, 11) is 0. The molecule has 3 aromatic rings. The number of aromatic nitrogens is 2. The first-order chi connectivity index (χ1) is 13.0. The number of nitrogens with zero attached hydrogens (tertiary/aromatic N) is 2. The van der Waals surface area contributed by atoms with E-state index in [2.05, 4.69) is 4.98 Å². The van der Waals surface area contributed by atoms with Crippen LogP contribution in [0.3, 0.4) is 0 Å². The van der Waals surface area contributed by atoms with Crippen LogP contribution in [0.25, 0.3) is 11.4 Å². The van der Waals surface area contributed by atoms with Crippen molar-refractivity contribution in [2.45, 2.75) is 39.7 Å². The highest BCUT2D eigenvalue weighted by Crippen LogP contribution is 2.27. The summed E-state index contributed by atoms with van der Waals surface area (Å²) < 4.78 is 15.1. The topological polar surface area (TPSA) is 55.1 Å². The molecule has 5 heteroatoms. The average Bonchev–Trinajstić information content (AvgIpc) is 2.64. The highest BCUT2D eigenvalue weighted by Gasteiger charge is 2.17. The summed E-state index contributed by atoms with van der Waals surface area (Å²) >= 11 is 0. The maximum Gasteiger partial charge on any atom is 0.257 e. The predicted octanol–water partition coefficient (Wildman–Crippen LogP) is 4.26. The molecule has 0 aliphatic rings. The minimum atomic E-state index is -0.297. The van der Waals surface area contributed by atoms with Gasteiger partial charge in [-0.25, -0.2) is 9.37 Å². The summed E-state index contributed by atoms with van der Waals surface area (Å²) in [6.07, 6.45) is 1.99. The molecule has 0 amide bonds. The second kappa shape index (κ2) is 8.16. The number of halogens is 1. The van der Waals surface area contributed by atoms with Gasteiger partial charge in [0.15, 0.2) is 0 Å². The Kier molecular flexibility index (Phi) is 5.69. The van der Waals surface area contributed by atoms with Crippen LogP contribution in [0.2, 0.25) is 0 Å². The SMILES string of the molecule is CCCc1c(C)nc(-c2ccccc2O)n(CCc2cccc(F)c2)c1=O. The van der Waals surface area contributed by atoms with Gasteiger partial charge in [-0.3, -0.25) is 9.36 Å². The number of hydrogen-bond donors (Lipinski definition) is 1. The molecule has 140 valence electrons. The van der Waals surface area contributed by atoms with Gasteiger partial charge in [-0.05, 0) is 49.6 Å². The second-order valence-electron chi connectivity index (χ2n) is 6.60. The predicted molar refractivity (Wildman–Crippen MR) is 104 cm³/mol. The zero-order valence-electron chi connectivity index (χ0n) is 15.6. The Bertz CT molecular complexity index is 1010. The fourth-order valence-corrected chi connectivity index (χ4v) is 3.25. The number of phenols is 1. The van der Waals surface area contributed by atoms with Crippen molar-refractivity contribution in [3.63, 3.8) is 0 Å². The molecule has 0 saturated carbocycles. The minimum Gasteiger partial charge on any atom is -0.507 e. The van der Waals surface area contributed by atoms with Gasteiger partial charge in [0.05, 0.1) is 5.56 Å². The Morgan fingerprint density at radius 2 is 1.89 bits per heavy atom. The normalized spacial score (nSPS) is 10.9. The summed E-state index contributed by atoms with van der Waals surface area (Å²) in [5.41, 5.74) is 2.60. The molecule has 0 fully saturated rings. The first kappa shape index (κ1) is 18.8. The monoisotopic (exact) mass is 366 g/mol. The zero-order chi connectivity index (χ0) is 19.4. The van der Waals surface area contributed by atoms with Crippen molar-refractivity contribution >= 4 is 0 Å². The van der Waals surface area contributed by atoms with E-state index in [0.717, 1.165) is 12.0 Å². The molecule has 1 N–H and O–H groups in total. The van der Waals surface area contributed by atoms with E-state index in [-0.39, 0.29) is 17.1 Å². The maximum atomic E-state index is 13.5. The lowest BCUT2D eigenvalue weighted by molar-refractivity contribution is 0.476. The molecule has 0 unspecified atom stereocenters. The zero-order valence-corrected chi connectivity index (χ0v) is 15.6. The summed E-state index contributed by atoms with van der Waals surface area (Å²) in [6.45, 7) is 4.20. The fraction of sp³-hybridized carbons (Fsp3) is 0.273. The van der Waals surface area contributed by atoms with Gasteiger partial charge in [-0.15, -0.1) is 0 Å². The van der Waals surface area contributed by atoms with Gasteiger partial charge >= 0.3 is 0 Å². The van der Waals surface area contributed by atoms with Gasteiger partial charge in [0, 0.05) is 17.8 Å². The van der Waals surface area contributed by atoms with E-state index >= 15 is 0 Å². The molecule has 0 atom stereocenters. The van der Waals surface area contributed by atoms with Crippen molar-refractivity contribution in [3.05, 3.63) is 81.5 Å². The number of hydrogen-bond acceptors (Lipinski definition) is 3. The van der Waals surface area contributed by atoms with Crippen LogP contribution in [-0.2, 0) is 19.4 Å². The molecule has 1 heterocycles. The van der Waals surface area contributed by atoms with Crippen molar-refractivity contribution < 1.29 is 9.50 Å². The maximum absolute atomic E-state index is 13.5. The molecular formula is C22H23FN2O2. The standard InChI is InChI=1S/C22H23FN2O2/c1-3-7-18-15(2)24-21(19-10-4-5-11-20(19)26)25(22(18)27)13-12-16-8-6-9-17(23)14-16/h4-6,8-11,14,26H,3,7,12-13H2,1-2H3. The highest BCUT2D eigenvalue weighted by atomic mass is 19.1. The lowest BCUT2D eigenvalue weighted by atomic mass is 10.1. The second-order valence-corrected chi connectivity index (χ2v) is 6.60. The van der Waals surface area contributed by atoms with Crippen LogP contribution < -0.4 is 5.56 Å². The molecule has 0 saturated heterocycles. The van der Waals surface area contributed by atoms with E-state index in [4.69, 9.17) is 0 Å². The van der Waals surface area contributed by atoms with E-state index in [9.17, 15) is 14.3 Å². The van der Waals surface area contributed by atoms with E-state index in [1.165, 1.54) is 12.1 Å². The number of rotatable bonds is 6. The van der Waals surface area contributed by atoms with Gasteiger partial charge in [-0.1, -0.05) is 37.6 Å². The van der Waals surface area contributed by atoms with Crippen molar-refractivity contribution in [1.82, 2.24) is 9.55 Å². The van der Waals surface area contributed by atoms with Crippen molar-refractivity contribution in [2.24, 2.45) is 0 Å². The van der Waals surface area contributed by atoms with Crippen molar-refractivity contribution in [2.75, 3.05) is 0 Å². The highest BCUT2D eigenvalue weighted by molar-refractivity contribution is 5.64. The molecule has 27 heavy (non-hydrogen) atoms. The molecule has 0 aliphatic heterocycles.